The van der Waals surface area contributed by atoms with Crippen LogP contribution >= 0.6 is 0 Å². The highest BCUT2D eigenvalue weighted by Crippen LogP contribution is 2.18. The molecule has 2 aromatic rings. The Morgan fingerprint density at radius 1 is 1.40 bits per heavy atom. The van der Waals surface area contributed by atoms with E-state index in [9.17, 15) is 4.79 Å². The number of carbonyl (C=O) groups is 1. The number of ether oxygens (including phenoxy) is 1. The van der Waals surface area contributed by atoms with Crippen molar-refractivity contribution < 1.29 is 9.53 Å². The van der Waals surface area contributed by atoms with Gasteiger partial charge in [0.25, 0.3) is 0 Å². The van der Waals surface area contributed by atoms with Crippen LogP contribution in [0.25, 0.3) is 10.9 Å². The van der Waals surface area contributed by atoms with E-state index in [1.807, 2.05) is 22.9 Å². The lowest BCUT2D eigenvalue weighted by atomic mass is 10.2. The number of nitrogens with one attached hydrogen (secondary N) is 1. The predicted octanol–water partition coefficient (Wildman–Crippen LogP) is 2.92. The van der Waals surface area contributed by atoms with Crippen molar-refractivity contribution in [2.75, 3.05) is 11.9 Å². The fourth-order valence-electron chi connectivity index (χ4n) is 1.88. The van der Waals surface area contributed by atoms with Crippen molar-refractivity contribution in [2.24, 2.45) is 0 Å². The molecule has 20 heavy (non-hydrogen) atoms. The number of benzene rings is 1. The number of hydrogen-bond acceptors (Lipinski definition) is 3. The lowest BCUT2D eigenvalue weighted by molar-refractivity contribution is -0.105. The Bertz CT molecular complexity index is 590. The third kappa shape index (κ3) is 3.91. The van der Waals surface area contributed by atoms with Gasteiger partial charge in [-0.15, -0.1) is 0 Å². The Labute approximate surface area is 119 Å². The van der Waals surface area contributed by atoms with Gasteiger partial charge < -0.3 is 10.1 Å². The molecule has 108 valence electrons. The molecule has 1 aromatic carbocycles. The van der Waals surface area contributed by atoms with Crippen molar-refractivity contribution in [3.63, 3.8) is 0 Å². The summed E-state index contributed by atoms with van der Waals surface area (Å²) in [6, 6.07) is 6.85. The van der Waals surface area contributed by atoms with Crippen molar-refractivity contribution in [3.8, 4) is 0 Å². The second-order valence-corrected chi connectivity index (χ2v) is 11.6. The average molecular weight is 291 g/mol. The van der Waals surface area contributed by atoms with Crippen LogP contribution in [0.3, 0.4) is 0 Å². The minimum absolute atomic E-state index is 0.467. The molecule has 1 heterocycles. The van der Waals surface area contributed by atoms with Crippen LogP contribution in [0.2, 0.25) is 25.7 Å². The minimum Gasteiger partial charge on any atom is -0.360 e. The monoisotopic (exact) mass is 291 g/mol. The van der Waals surface area contributed by atoms with Crippen LogP contribution in [0.15, 0.2) is 24.4 Å². The molecule has 1 aromatic heterocycles. The molecule has 1 amide bonds. The van der Waals surface area contributed by atoms with Crippen LogP contribution in [-0.2, 0) is 16.3 Å². The summed E-state index contributed by atoms with van der Waals surface area (Å²) in [7, 11) is -1.05. The smallest absolute Gasteiger partial charge is 0.211 e. The molecule has 0 radical (unpaired) electrons. The number of fused-ring (bicyclic) bond motifs is 1. The van der Waals surface area contributed by atoms with Crippen LogP contribution in [0.1, 0.15) is 0 Å². The fourth-order valence-corrected chi connectivity index (χ4v) is 2.63. The van der Waals surface area contributed by atoms with Crippen molar-refractivity contribution in [1.29, 1.82) is 0 Å². The van der Waals surface area contributed by atoms with Crippen molar-refractivity contribution >= 4 is 31.1 Å². The lowest BCUT2D eigenvalue weighted by Gasteiger charge is -2.15. The molecule has 0 aliphatic rings. The largest absolute Gasteiger partial charge is 0.360 e. The van der Waals surface area contributed by atoms with Gasteiger partial charge in [-0.25, -0.2) is 4.68 Å². The molecule has 1 N–H and O–H groups in total. The molecular formula is C14H21N3O2Si. The van der Waals surface area contributed by atoms with Gasteiger partial charge in [0.15, 0.2) is 0 Å². The van der Waals surface area contributed by atoms with Gasteiger partial charge in [-0.3, -0.25) is 4.79 Å². The standard InChI is InChI=1S/C14H21N3O2Si/c1-20(2,3)7-6-19-11-17-14-5-4-13(15-10-18)8-12(14)9-16-17/h4-5,8-10H,6-7,11H2,1-3H3,(H,15,18). The summed E-state index contributed by atoms with van der Waals surface area (Å²) < 4.78 is 7.54. The number of carbonyl (C=O) groups excluding carboxylic acids is 1. The summed E-state index contributed by atoms with van der Waals surface area (Å²) >= 11 is 0. The topological polar surface area (TPSA) is 56.1 Å². The van der Waals surface area contributed by atoms with Crippen LogP contribution in [0.4, 0.5) is 5.69 Å². The number of aromatic nitrogens is 2. The minimum atomic E-state index is -1.05. The maximum Gasteiger partial charge on any atom is 0.211 e. The van der Waals surface area contributed by atoms with Crippen LogP contribution < -0.4 is 5.32 Å². The van der Waals surface area contributed by atoms with Gasteiger partial charge in [-0.2, -0.15) is 5.10 Å². The molecule has 6 heteroatoms. The van der Waals surface area contributed by atoms with E-state index in [0.717, 1.165) is 29.2 Å². The Morgan fingerprint density at radius 2 is 2.20 bits per heavy atom. The molecule has 0 spiro atoms. The quantitative estimate of drug-likeness (QED) is 0.485. The van der Waals surface area contributed by atoms with E-state index in [4.69, 9.17) is 4.74 Å². The normalized spacial score (nSPS) is 11.8. The van der Waals surface area contributed by atoms with E-state index >= 15 is 0 Å². The SMILES string of the molecule is C[Si](C)(C)CCOCn1ncc2cc(NC=O)ccc21. The fraction of sp³-hybridized carbons (Fsp3) is 0.429. The predicted molar refractivity (Wildman–Crippen MR) is 83.5 cm³/mol. The third-order valence-electron chi connectivity index (χ3n) is 3.08. The number of rotatable bonds is 7. The summed E-state index contributed by atoms with van der Waals surface area (Å²) in [6.45, 7) is 8.25. The Hall–Kier alpha value is -1.66. The lowest BCUT2D eigenvalue weighted by Crippen LogP contribution is -2.22. The van der Waals surface area contributed by atoms with Gasteiger partial charge >= 0.3 is 0 Å². The molecule has 5 nitrogen and oxygen atoms in total. The highest BCUT2D eigenvalue weighted by molar-refractivity contribution is 6.76. The maximum atomic E-state index is 10.4. The zero-order chi connectivity index (χ0) is 14.6. The number of hydrogen-bond donors (Lipinski definition) is 1. The summed E-state index contributed by atoms with van der Waals surface area (Å²) in [5, 5.41) is 7.94. The van der Waals surface area contributed by atoms with Crippen LogP contribution in [-0.4, -0.2) is 30.9 Å². The molecule has 2 rings (SSSR count). The van der Waals surface area contributed by atoms with Gasteiger partial charge in [-0.1, -0.05) is 19.6 Å². The Balaban J connectivity index is 1.99. The van der Waals surface area contributed by atoms with E-state index in [1.165, 1.54) is 0 Å². The number of amides is 1. The zero-order valence-corrected chi connectivity index (χ0v) is 13.2. The second kappa shape index (κ2) is 6.19. The Kier molecular flexibility index (Phi) is 4.56. The molecular weight excluding hydrogens is 270 g/mol. The second-order valence-electron chi connectivity index (χ2n) is 6.03. The van der Waals surface area contributed by atoms with E-state index in [2.05, 4.69) is 30.1 Å². The first-order chi connectivity index (χ1) is 9.49. The molecule has 0 aliphatic carbocycles. The molecule has 0 atom stereocenters. The van der Waals surface area contributed by atoms with Gasteiger partial charge in [0.1, 0.15) is 6.73 Å². The maximum absolute atomic E-state index is 10.4. The molecule has 0 aliphatic heterocycles. The molecule has 0 fully saturated rings. The number of anilines is 1. The van der Waals surface area contributed by atoms with Crippen LogP contribution in [0, 0.1) is 0 Å². The van der Waals surface area contributed by atoms with Gasteiger partial charge in [0.05, 0.1) is 11.7 Å². The average Bonchev–Trinajstić information content (AvgIpc) is 2.76. The number of nitrogens with zero attached hydrogens (tertiary/aromatic N) is 2. The van der Waals surface area contributed by atoms with Crippen molar-refractivity contribution in [2.45, 2.75) is 32.4 Å². The first kappa shape index (κ1) is 14.7. The third-order valence-corrected chi connectivity index (χ3v) is 4.78. The van der Waals surface area contributed by atoms with Crippen molar-refractivity contribution in [3.05, 3.63) is 24.4 Å². The zero-order valence-electron chi connectivity index (χ0n) is 12.2. The van der Waals surface area contributed by atoms with Crippen molar-refractivity contribution in [1.82, 2.24) is 9.78 Å². The van der Waals surface area contributed by atoms with Crippen LogP contribution in [0.5, 0.6) is 0 Å². The van der Waals surface area contributed by atoms with E-state index in [0.29, 0.717) is 13.1 Å². The summed E-state index contributed by atoms with van der Waals surface area (Å²) in [5.74, 6) is 0. The summed E-state index contributed by atoms with van der Waals surface area (Å²) in [5.41, 5.74) is 1.78. The summed E-state index contributed by atoms with van der Waals surface area (Å²) in [4.78, 5) is 10.4. The molecule has 0 saturated carbocycles. The molecule has 0 bridgehead atoms. The molecule has 0 saturated heterocycles. The summed E-state index contributed by atoms with van der Waals surface area (Å²) in [6.07, 6.45) is 2.46. The highest BCUT2D eigenvalue weighted by atomic mass is 28.3. The Morgan fingerprint density at radius 3 is 2.90 bits per heavy atom. The first-order valence-electron chi connectivity index (χ1n) is 6.73. The first-order valence-corrected chi connectivity index (χ1v) is 10.4. The van der Waals surface area contributed by atoms with E-state index < -0.39 is 8.07 Å². The highest BCUT2D eigenvalue weighted by Gasteiger charge is 2.12. The molecule has 0 unspecified atom stereocenters. The van der Waals surface area contributed by atoms with E-state index in [-0.39, 0.29) is 0 Å². The van der Waals surface area contributed by atoms with Gasteiger partial charge in [0.2, 0.25) is 6.41 Å². The van der Waals surface area contributed by atoms with E-state index in [1.54, 1.807) is 6.20 Å². The van der Waals surface area contributed by atoms with Gasteiger partial charge in [-0.05, 0) is 24.2 Å². The van der Waals surface area contributed by atoms with Gasteiger partial charge in [0, 0.05) is 25.8 Å².